The molecule has 3 heteroatoms. The number of rotatable bonds is 4. The van der Waals surface area contributed by atoms with Gasteiger partial charge in [0.1, 0.15) is 5.75 Å². The molecule has 0 N–H and O–H groups in total. The molecule has 0 saturated carbocycles. The third-order valence-electron chi connectivity index (χ3n) is 2.58. The van der Waals surface area contributed by atoms with Gasteiger partial charge in [-0.05, 0) is 54.8 Å². The molecule has 0 aliphatic heterocycles. The molecular formula is C15H14BrClO. The second kappa shape index (κ2) is 6.26. The van der Waals surface area contributed by atoms with E-state index in [0.29, 0.717) is 5.75 Å². The molecule has 0 atom stereocenters. The van der Waals surface area contributed by atoms with Crippen LogP contribution in [0.4, 0.5) is 0 Å². The Labute approximate surface area is 124 Å². The Balaban J connectivity index is 2.05. The molecule has 0 radical (unpaired) electrons. The number of hydrogen-bond donors (Lipinski definition) is 0. The van der Waals surface area contributed by atoms with Gasteiger partial charge in [0.2, 0.25) is 0 Å². The van der Waals surface area contributed by atoms with Gasteiger partial charge >= 0.3 is 0 Å². The highest BCUT2D eigenvalue weighted by Crippen LogP contribution is 2.24. The van der Waals surface area contributed by atoms with E-state index in [9.17, 15) is 0 Å². The van der Waals surface area contributed by atoms with E-state index in [1.54, 1.807) is 0 Å². The lowest BCUT2D eigenvalue weighted by Gasteiger charge is -2.07. The maximum Gasteiger partial charge on any atom is 0.119 e. The van der Waals surface area contributed by atoms with Gasteiger partial charge in [-0.2, -0.15) is 0 Å². The molecule has 0 aromatic heterocycles. The Kier molecular flexibility index (Phi) is 3.79. The average molecular weight is 328 g/mol. The van der Waals surface area contributed by atoms with Crippen LogP contribution >= 0.6 is 27.5 Å². The van der Waals surface area contributed by atoms with Crippen molar-refractivity contribution >= 4 is 27.5 Å². The molecule has 2 rings (SSSR count). The lowest BCUT2D eigenvalue weighted by Crippen LogP contribution is -1.93. The van der Waals surface area contributed by atoms with Crippen molar-refractivity contribution < 1.29 is 7.48 Å². The summed E-state index contributed by atoms with van der Waals surface area (Å²) in [6.07, 6.45) is 0.748. The Morgan fingerprint density at radius 1 is 1.22 bits per heavy atom. The fourth-order valence-corrected chi connectivity index (χ4v) is 2.29. The van der Waals surface area contributed by atoms with Gasteiger partial charge in [-0.25, -0.2) is 0 Å². The summed E-state index contributed by atoms with van der Waals surface area (Å²) in [4.78, 5) is 0. The van der Waals surface area contributed by atoms with Crippen molar-refractivity contribution in [2.75, 3.05) is 6.61 Å². The van der Waals surface area contributed by atoms with Gasteiger partial charge in [0.05, 0.1) is 6.61 Å². The lowest BCUT2D eigenvalue weighted by molar-refractivity contribution is 0.340. The molecule has 94 valence electrons. The fraction of sp³-hybridized carbons (Fsp3) is 0.200. The summed E-state index contributed by atoms with van der Waals surface area (Å²) in [6.45, 7) is -0.883. The van der Waals surface area contributed by atoms with E-state index < -0.39 is 6.88 Å². The quantitative estimate of drug-likeness (QED) is 0.760. The summed E-state index contributed by atoms with van der Waals surface area (Å²) in [5, 5.41) is 0.750. The third-order valence-corrected chi connectivity index (χ3v) is 3.44. The molecule has 0 saturated heterocycles. The Morgan fingerprint density at radius 2 is 2.00 bits per heavy atom. The number of halogens is 2. The first-order valence-electron chi connectivity index (χ1n) is 6.70. The van der Waals surface area contributed by atoms with Crippen LogP contribution in [-0.2, 0) is 6.42 Å². The van der Waals surface area contributed by atoms with Crippen LogP contribution in [0.5, 0.6) is 5.75 Å². The highest BCUT2D eigenvalue weighted by atomic mass is 79.9. The topological polar surface area (TPSA) is 9.23 Å². The van der Waals surface area contributed by atoms with E-state index in [2.05, 4.69) is 15.9 Å². The molecule has 0 spiro atoms. The smallest absolute Gasteiger partial charge is 0.119 e. The van der Waals surface area contributed by atoms with Crippen molar-refractivity contribution in [1.82, 2.24) is 0 Å². The molecule has 0 aliphatic rings. The molecular weight excluding hydrogens is 312 g/mol. The molecule has 0 amide bonds. The van der Waals surface area contributed by atoms with Crippen LogP contribution in [0.25, 0.3) is 0 Å². The maximum atomic E-state index is 7.08. The Hall–Kier alpha value is -0.990. The largest absolute Gasteiger partial charge is 0.494 e. The van der Waals surface area contributed by atoms with E-state index >= 15 is 0 Å². The lowest BCUT2D eigenvalue weighted by atomic mass is 10.1. The second-order valence-electron chi connectivity index (χ2n) is 3.87. The molecule has 0 unspecified atom stereocenters. The fourth-order valence-electron chi connectivity index (χ4n) is 1.70. The van der Waals surface area contributed by atoms with E-state index in [4.69, 9.17) is 19.1 Å². The minimum absolute atomic E-state index is 0.0802. The van der Waals surface area contributed by atoms with Gasteiger partial charge in [0, 0.05) is 12.2 Å². The molecule has 2 aromatic rings. The Bertz CT molecular complexity index is 573. The van der Waals surface area contributed by atoms with E-state index in [1.807, 2.05) is 42.5 Å². The van der Waals surface area contributed by atoms with Crippen molar-refractivity contribution in [2.45, 2.75) is 13.3 Å². The first kappa shape index (κ1) is 10.9. The van der Waals surface area contributed by atoms with Gasteiger partial charge in [0.25, 0.3) is 0 Å². The normalized spacial score (nSPS) is 12.2. The number of benzene rings is 2. The monoisotopic (exact) mass is 326 g/mol. The van der Waals surface area contributed by atoms with Crippen LogP contribution in [0, 0.1) is 0 Å². The second-order valence-corrected chi connectivity index (χ2v) is 5.19. The van der Waals surface area contributed by atoms with Crippen molar-refractivity contribution in [3.8, 4) is 5.75 Å². The zero-order chi connectivity index (χ0) is 14.5. The summed E-state index contributed by atoms with van der Waals surface area (Å²) < 4.78 is 20.5. The van der Waals surface area contributed by atoms with Crippen molar-refractivity contribution in [2.24, 2.45) is 0 Å². The maximum absolute atomic E-state index is 7.08. The molecule has 0 heterocycles. The van der Waals surface area contributed by atoms with Crippen molar-refractivity contribution in [3.63, 3.8) is 0 Å². The zero-order valence-electron chi connectivity index (χ0n) is 11.7. The van der Waals surface area contributed by atoms with Gasteiger partial charge in [0.15, 0.2) is 0 Å². The zero-order valence-corrected chi connectivity index (χ0v) is 12.0. The van der Waals surface area contributed by atoms with Gasteiger partial charge in [-0.3, -0.25) is 0 Å². The van der Waals surface area contributed by atoms with E-state index in [1.165, 1.54) is 0 Å². The van der Waals surface area contributed by atoms with Crippen molar-refractivity contribution in [1.29, 1.82) is 0 Å². The van der Waals surface area contributed by atoms with Gasteiger partial charge < -0.3 is 4.74 Å². The summed E-state index contributed by atoms with van der Waals surface area (Å²) in [7, 11) is 0. The van der Waals surface area contributed by atoms with Crippen LogP contribution in [0.1, 0.15) is 20.7 Å². The van der Waals surface area contributed by atoms with Crippen LogP contribution < -0.4 is 4.74 Å². The predicted molar refractivity (Wildman–Crippen MR) is 79.6 cm³/mol. The summed E-state index contributed by atoms with van der Waals surface area (Å²) in [5.41, 5.74) is 2.19. The first-order chi connectivity index (χ1) is 9.54. The van der Waals surface area contributed by atoms with Crippen LogP contribution in [0.2, 0.25) is 5.02 Å². The van der Waals surface area contributed by atoms with E-state index in [0.717, 1.165) is 27.0 Å². The van der Waals surface area contributed by atoms with Crippen LogP contribution in [-0.4, -0.2) is 6.61 Å². The standard InChI is InChI=1S/C15H14BrClO/c1-2-18-14-6-3-11(4-7-14)9-12-10-13(16)5-8-15(12)17/h3-8,10H,2,9H2,1H3/i1D2. The Morgan fingerprint density at radius 3 is 2.72 bits per heavy atom. The minimum Gasteiger partial charge on any atom is -0.494 e. The summed E-state index contributed by atoms with van der Waals surface area (Å²) >= 11 is 9.62. The van der Waals surface area contributed by atoms with Crippen LogP contribution in [0.3, 0.4) is 0 Å². The third kappa shape index (κ3) is 3.50. The minimum atomic E-state index is -0.963. The molecule has 1 nitrogen and oxygen atoms in total. The summed E-state index contributed by atoms with van der Waals surface area (Å²) in [6, 6.07) is 13.4. The first-order valence-corrected chi connectivity index (χ1v) is 6.72. The van der Waals surface area contributed by atoms with E-state index in [-0.39, 0.29) is 6.61 Å². The molecule has 18 heavy (non-hydrogen) atoms. The van der Waals surface area contributed by atoms with Crippen LogP contribution in [0.15, 0.2) is 46.9 Å². The number of ether oxygens (including phenoxy) is 1. The SMILES string of the molecule is [2H]C([2H])COc1ccc(Cc2cc(Br)ccc2Cl)cc1. The molecule has 0 bridgehead atoms. The average Bonchev–Trinajstić information content (AvgIpc) is 2.42. The van der Waals surface area contributed by atoms with Gasteiger partial charge in [-0.15, -0.1) is 0 Å². The number of hydrogen-bond acceptors (Lipinski definition) is 1. The molecule has 0 aliphatic carbocycles. The highest BCUT2D eigenvalue weighted by Gasteiger charge is 2.03. The molecule has 2 aromatic carbocycles. The molecule has 0 fully saturated rings. The summed E-state index contributed by atoms with van der Waals surface area (Å²) in [5.74, 6) is 0.679. The van der Waals surface area contributed by atoms with Gasteiger partial charge in [-0.1, -0.05) is 39.7 Å². The highest BCUT2D eigenvalue weighted by molar-refractivity contribution is 9.10. The van der Waals surface area contributed by atoms with Crippen molar-refractivity contribution in [3.05, 3.63) is 63.1 Å². The predicted octanol–water partition coefficient (Wildman–Crippen LogP) is 5.09.